The number of nitrogens with one attached hydrogen (secondary N) is 2. The van der Waals surface area contributed by atoms with E-state index in [4.69, 9.17) is 4.74 Å². The highest BCUT2D eigenvalue weighted by atomic mass is 16.6. The molecule has 1 aromatic rings. The summed E-state index contributed by atoms with van der Waals surface area (Å²) in [6.45, 7) is 9.12. The van der Waals surface area contributed by atoms with E-state index in [1.54, 1.807) is 4.90 Å². The van der Waals surface area contributed by atoms with Crippen molar-refractivity contribution in [3.8, 4) is 0 Å². The van der Waals surface area contributed by atoms with Crippen LogP contribution in [0.3, 0.4) is 0 Å². The molecular formula is C14H26N6O2. The highest BCUT2D eigenvalue weighted by molar-refractivity contribution is 5.68. The van der Waals surface area contributed by atoms with Crippen LogP contribution >= 0.6 is 0 Å². The fraction of sp³-hybridized carbons (Fsp3) is 0.857. The first-order valence-corrected chi connectivity index (χ1v) is 7.82. The molecule has 1 saturated heterocycles. The summed E-state index contributed by atoms with van der Waals surface area (Å²) in [6, 6.07) is 0.373. The lowest BCUT2D eigenvalue weighted by Gasteiger charge is -2.26. The molecule has 22 heavy (non-hydrogen) atoms. The van der Waals surface area contributed by atoms with Gasteiger partial charge in [0.2, 0.25) is 0 Å². The topological polar surface area (TPSA) is 96.0 Å². The van der Waals surface area contributed by atoms with Gasteiger partial charge in [0.05, 0.1) is 6.04 Å². The van der Waals surface area contributed by atoms with Gasteiger partial charge in [0.15, 0.2) is 5.82 Å². The second kappa shape index (κ2) is 7.04. The number of hydrogen-bond acceptors (Lipinski definition) is 6. The first kappa shape index (κ1) is 16.7. The molecular weight excluding hydrogens is 284 g/mol. The highest BCUT2D eigenvalue weighted by Gasteiger charge is 2.26. The molecule has 0 aromatic carbocycles. The van der Waals surface area contributed by atoms with Gasteiger partial charge in [-0.25, -0.2) is 4.79 Å². The third-order valence-corrected chi connectivity index (χ3v) is 3.61. The fourth-order valence-corrected chi connectivity index (χ4v) is 2.55. The summed E-state index contributed by atoms with van der Waals surface area (Å²) in [6.07, 6.45) is 2.64. The maximum absolute atomic E-state index is 12.1. The van der Waals surface area contributed by atoms with Crippen molar-refractivity contribution in [3.63, 3.8) is 0 Å². The summed E-state index contributed by atoms with van der Waals surface area (Å²) < 4.78 is 5.44. The van der Waals surface area contributed by atoms with Crippen LogP contribution in [-0.4, -0.2) is 56.3 Å². The molecule has 1 aromatic heterocycles. The number of amides is 1. The lowest BCUT2D eigenvalue weighted by molar-refractivity contribution is 0.0256. The minimum Gasteiger partial charge on any atom is -0.444 e. The van der Waals surface area contributed by atoms with E-state index in [-0.39, 0.29) is 12.1 Å². The molecule has 0 spiro atoms. The zero-order valence-corrected chi connectivity index (χ0v) is 13.8. The Kier molecular flexibility index (Phi) is 5.33. The molecule has 0 aliphatic carbocycles. The van der Waals surface area contributed by atoms with Crippen LogP contribution in [0.5, 0.6) is 0 Å². The summed E-state index contributed by atoms with van der Waals surface area (Å²) >= 11 is 0. The van der Waals surface area contributed by atoms with Gasteiger partial charge in [-0.05, 0) is 47.0 Å². The maximum Gasteiger partial charge on any atom is 0.410 e. The van der Waals surface area contributed by atoms with Crippen LogP contribution in [0.1, 0.15) is 58.8 Å². The highest BCUT2D eigenvalue weighted by Crippen LogP contribution is 2.17. The number of rotatable bonds is 3. The summed E-state index contributed by atoms with van der Waals surface area (Å²) in [5.41, 5.74) is -0.450. The summed E-state index contributed by atoms with van der Waals surface area (Å²) in [5.74, 6) is 0.660. The Labute approximate surface area is 131 Å². The molecule has 2 N–H and O–H groups in total. The third-order valence-electron chi connectivity index (χ3n) is 3.61. The van der Waals surface area contributed by atoms with E-state index in [2.05, 4.69) is 25.9 Å². The molecule has 8 heteroatoms. The van der Waals surface area contributed by atoms with Gasteiger partial charge in [0.1, 0.15) is 5.60 Å². The number of aromatic nitrogens is 4. The summed E-state index contributed by atoms with van der Waals surface area (Å²) in [4.78, 5) is 13.9. The van der Waals surface area contributed by atoms with Crippen LogP contribution in [0.15, 0.2) is 0 Å². The number of H-pyrrole nitrogens is 1. The SMILES string of the molecule is CC(NC1CCCN(C(=O)OC(C)(C)C)CC1)c1nn[nH]n1. The van der Waals surface area contributed by atoms with Crippen molar-refractivity contribution >= 4 is 6.09 Å². The number of hydrogen-bond donors (Lipinski definition) is 2. The Morgan fingerprint density at radius 1 is 1.41 bits per heavy atom. The van der Waals surface area contributed by atoms with E-state index in [0.717, 1.165) is 25.8 Å². The zero-order valence-electron chi connectivity index (χ0n) is 13.8. The first-order valence-electron chi connectivity index (χ1n) is 7.82. The largest absolute Gasteiger partial charge is 0.444 e. The summed E-state index contributed by atoms with van der Waals surface area (Å²) in [5, 5.41) is 17.5. The third kappa shape index (κ3) is 4.94. The van der Waals surface area contributed by atoms with E-state index in [9.17, 15) is 4.79 Å². The number of carbonyl (C=O) groups excluding carboxylic acids is 1. The smallest absolute Gasteiger partial charge is 0.410 e. The number of tetrazole rings is 1. The maximum atomic E-state index is 12.1. The molecule has 8 nitrogen and oxygen atoms in total. The number of aromatic amines is 1. The van der Waals surface area contributed by atoms with Crippen LogP contribution < -0.4 is 5.32 Å². The van der Waals surface area contributed by atoms with E-state index in [1.165, 1.54) is 0 Å². The van der Waals surface area contributed by atoms with Crippen LogP contribution in [-0.2, 0) is 4.74 Å². The van der Waals surface area contributed by atoms with Crippen molar-refractivity contribution in [1.82, 2.24) is 30.8 Å². The van der Waals surface area contributed by atoms with Crippen molar-refractivity contribution in [1.29, 1.82) is 0 Å². The van der Waals surface area contributed by atoms with Gasteiger partial charge in [-0.2, -0.15) is 5.21 Å². The van der Waals surface area contributed by atoms with Gasteiger partial charge < -0.3 is 15.0 Å². The lowest BCUT2D eigenvalue weighted by Crippen LogP contribution is -2.38. The molecule has 0 bridgehead atoms. The Morgan fingerprint density at radius 3 is 2.82 bits per heavy atom. The Hall–Kier alpha value is -1.70. The Bertz CT molecular complexity index is 470. The van der Waals surface area contributed by atoms with Crippen LogP contribution in [0, 0.1) is 0 Å². The van der Waals surface area contributed by atoms with Crippen molar-refractivity contribution in [2.24, 2.45) is 0 Å². The zero-order chi connectivity index (χ0) is 16.2. The number of likely N-dealkylation sites (tertiary alicyclic amines) is 1. The first-order chi connectivity index (χ1) is 10.3. The number of nitrogens with zero attached hydrogens (tertiary/aromatic N) is 4. The van der Waals surface area contributed by atoms with Gasteiger partial charge in [-0.1, -0.05) is 5.21 Å². The molecule has 0 saturated carbocycles. The number of carbonyl (C=O) groups is 1. The quantitative estimate of drug-likeness (QED) is 0.881. The van der Waals surface area contributed by atoms with Crippen molar-refractivity contribution < 1.29 is 9.53 Å². The van der Waals surface area contributed by atoms with Crippen molar-refractivity contribution in [3.05, 3.63) is 5.82 Å². The summed E-state index contributed by atoms with van der Waals surface area (Å²) in [7, 11) is 0. The van der Waals surface area contributed by atoms with Gasteiger partial charge in [-0.15, -0.1) is 10.2 Å². The van der Waals surface area contributed by atoms with Gasteiger partial charge >= 0.3 is 6.09 Å². The second-order valence-corrected chi connectivity index (χ2v) is 6.75. The van der Waals surface area contributed by atoms with Gasteiger partial charge in [0.25, 0.3) is 0 Å². The van der Waals surface area contributed by atoms with E-state index >= 15 is 0 Å². The van der Waals surface area contributed by atoms with Crippen LogP contribution in [0.4, 0.5) is 4.79 Å². The van der Waals surface area contributed by atoms with Crippen molar-refractivity contribution in [2.45, 2.75) is 64.6 Å². The fourth-order valence-electron chi connectivity index (χ4n) is 2.55. The average molecular weight is 310 g/mol. The minimum atomic E-state index is -0.450. The molecule has 1 aliphatic heterocycles. The van der Waals surface area contributed by atoms with Gasteiger partial charge in [-0.3, -0.25) is 0 Å². The molecule has 1 amide bonds. The standard InChI is InChI=1S/C14H26N6O2/c1-10(12-16-18-19-17-12)15-11-6-5-8-20(9-7-11)13(21)22-14(2,3)4/h10-11,15H,5-9H2,1-4H3,(H,16,17,18,19). The molecule has 2 unspecified atom stereocenters. The molecule has 2 atom stereocenters. The minimum absolute atomic E-state index is 0.0387. The molecule has 0 radical (unpaired) electrons. The monoisotopic (exact) mass is 310 g/mol. The van der Waals surface area contributed by atoms with E-state index < -0.39 is 5.60 Å². The average Bonchev–Trinajstić information content (AvgIpc) is 2.84. The molecule has 2 rings (SSSR count). The second-order valence-electron chi connectivity index (χ2n) is 6.75. The molecule has 2 heterocycles. The molecule has 124 valence electrons. The Balaban J connectivity index is 1.83. The normalized spacial score (nSPS) is 21.3. The lowest BCUT2D eigenvalue weighted by atomic mass is 10.1. The van der Waals surface area contributed by atoms with E-state index in [0.29, 0.717) is 18.4 Å². The van der Waals surface area contributed by atoms with Gasteiger partial charge in [0, 0.05) is 19.1 Å². The molecule has 1 fully saturated rings. The Morgan fingerprint density at radius 2 is 2.18 bits per heavy atom. The predicted molar refractivity (Wildman–Crippen MR) is 81.2 cm³/mol. The number of ether oxygens (including phenoxy) is 1. The molecule has 1 aliphatic rings. The van der Waals surface area contributed by atoms with Crippen LogP contribution in [0.25, 0.3) is 0 Å². The van der Waals surface area contributed by atoms with Crippen molar-refractivity contribution in [2.75, 3.05) is 13.1 Å². The van der Waals surface area contributed by atoms with E-state index in [1.807, 2.05) is 27.7 Å². The predicted octanol–water partition coefficient (Wildman–Crippen LogP) is 1.64. The van der Waals surface area contributed by atoms with Crippen LogP contribution in [0.2, 0.25) is 0 Å².